The van der Waals surface area contributed by atoms with Crippen LogP contribution in [0.1, 0.15) is 15.9 Å². The van der Waals surface area contributed by atoms with Gasteiger partial charge < -0.3 is 20.1 Å². The molecule has 25 heavy (non-hydrogen) atoms. The molecule has 6 heteroatoms. The van der Waals surface area contributed by atoms with Crippen LogP contribution in [0.3, 0.4) is 0 Å². The van der Waals surface area contributed by atoms with Crippen molar-refractivity contribution in [3.8, 4) is 5.75 Å². The summed E-state index contributed by atoms with van der Waals surface area (Å²) in [5.41, 5.74) is 1.77. The first-order valence-electron chi connectivity index (χ1n) is 7.89. The van der Waals surface area contributed by atoms with Crippen LogP contribution in [0.15, 0.2) is 60.7 Å². The van der Waals surface area contributed by atoms with Crippen molar-refractivity contribution in [1.29, 1.82) is 0 Å². The molecule has 126 valence electrons. The number of benzene rings is 3. The van der Waals surface area contributed by atoms with Gasteiger partial charge >= 0.3 is 7.12 Å². The molecule has 0 heterocycles. The van der Waals surface area contributed by atoms with Gasteiger partial charge in [0.2, 0.25) is 0 Å². The maximum atomic E-state index is 12.7. The molecule has 3 rings (SSSR count). The van der Waals surface area contributed by atoms with Gasteiger partial charge in [-0.05, 0) is 27.9 Å². The lowest BCUT2D eigenvalue weighted by Crippen LogP contribution is -2.30. The van der Waals surface area contributed by atoms with E-state index in [0.29, 0.717) is 23.3 Å². The van der Waals surface area contributed by atoms with Crippen LogP contribution in [0, 0.1) is 0 Å². The molecule has 0 atom stereocenters. The van der Waals surface area contributed by atoms with Crippen molar-refractivity contribution in [2.45, 2.75) is 6.54 Å². The Labute approximate surface area is 146 Å². The molecule has 0 saturated carbocycles. The summed E-state index contributed by atoms with van der Waals surface area (Å²) in [5, 5.41) is 22.9. The zero-order valence-electron chi connectivity index (χ0n) is 13.8. The highest BCUT2D eigenvalue weighted by Crippen LogP contribution is 2.27. The van der Waals surface area contributed by atoms with Gasteiger partial charge in [0.1, 0.15) is 5.75 Å². The standard InChI is InChI=1S/C19H18BNO4/c1-25-17-11-8-14-4-2-3-5-16(14)18(17)19(22)21-12-13-6-9-15(10-7-13)20(23)24/h2-11,23-24H,12H2,1H3,(H,21,22). The highest BCUT2D eigenvalue weighted by Gasteiger charge is 2.16. The molecule has 3 aromatic carbocycles. The van der Waals surface area contributed by atoms with Crippen LogP contribution in [0.25, 0.3) is 10.8 Å². The van der Waals surface area contributed by atoms with Crippen LogP contribution < -0.4 is 15.5 Å². The number of carbonyl (C=O) groups excluding carboxylic acids is 1. The smallest absolute Gasteiger partial charge is 0.488 e. The van der Waals surface area contributed by atoms with Gasteiger partial charge in [0, 0.05) is 6.54 Å². The minimum atomic E-state index is -1.50. The summed E-state index contributed by atoms with van der Waals surface area (Å²) < 4.78 is 5.35. The van der Waals surface area contributed by atoms with Crippen molar-refractivity contribution in [1.82, 2.24) is 5.32 Å². The van der Waals surface area contributed by atoms with Gasteiger partial charge in [-0.25, -0.2) is 0 Å². The molecule has 0 spiro atoms. The lowest BCUT2D eigenvalue weighted by atomic mass is 9.80. The Kier molecular flexibility index (Phi) is 5.02. The van der Waals surface area contributed by atoms with E-state index in [2.05, 4.69) is 5.32 Å². The van der Waals surface area contributed by atoms with Gasteiger partial charge in [-0.3, -0.25) is 4.79 Å². The number of rotatable bonds is 5. The first kappa shape index (κ1) is 17.0. The van der Waals surface area contributed by atoms with Gasteiger partial charge in [-0.1, -0.05) is 54.6 Å². The van der Waals surface area contributed by atoms with Crippen molar-refractivity contribution in [2.75, 3.05) is 7.11 Å². The molecule has 0 aliphatic carbocycles. The molecule has 0 bridgehead atoms. The number of fused-ring (bicyclic) bond motifs is 1. The Balaban J connectivity index is 1.82. The second-order valence-electron chi connectivity index (χ2n) is 5.66. The number of nitrogens with one attached hydrogen (secondary N) is 1. The summed E-state index contributed by atoms with van der Waals surface area (Å²) in [6, 6.07) is 18.1. The van der Waals surface area contributed by atoms with Crippen molar-refractivity contribution >= 4 is 29.3 Å². The Bertz CT molecular complexity index is 894. The highest BCUT2D eigenvalue weighted by atomic mass is 16.5. The van der Waals surface area contributed by atoms with Crippen molar-refractivity contribution in [3.63, 3.8) is 0 Å². The van der Waals surface area contributed by atoms with Crippen LogP contribution >= 0.6 is 0 Å². The van der Waals surface area contributed by atoms with E-state index in [1.54, 1.807) is 37.4 Å². The molecule has 1 amide bonds. The molecule has 0 saturated heterocycles. The van der Waals surface area contributed by atoms with E-state index in [9.17, 15) is 4.79 Å². The van der Waals surface area contributed by atoms with Gasteiger partial charge in [-0.15, -0.1) is 0 Å². The number of hydrogen-bond acceptors (Lipinski definition) is 4. The summed E-state index contributed by atoms with van der Waals surface area (Å²) in [7, 11) is 0.0448. The summed E-state index contributed by atoms with van der Waals surface area (Å²) in [6.45, 7) is 0.326. The Hall–Kier alpha value is -2.83. The van der Waals surface area contributed by atoms with Gasteiger partial charge in [0.25, 0.3) is 5.91 Å². The second kappa shape index (κ2) is 7.38. The van der Waals surface area contributed by atoms with Crippen LogP contribution in [0.4, 0.5) is 0 Å². The SMILES string of the molecule is COc1ccc2ccccc2c1C(=O)NCc1ccc(B(O)O)cc1. The van der Waals surface area contributed by atoms with Gasteiger partial charge in [-0.2, -0.15) is 0 Å². The van der Waals surface area contributed by atoms with Crippen LogP contribution in [-0.2, 0) is 6.54 Å². The number of hydrogen-bond donors (Lipinski definition) is 3. The van der Waals surface area contributed by atoms with E-state index in [1.165, 1.54) is 0 Å². The van der Waals surface area contributed by atoms with Crippen LogP contribution in [0.2, 0.25) is 0 Å². The zero-order chi connectivity index (χ0) is 17.8. The Morgan fingerprint density at radius 2 is 1.76 bits per heavy atom. The van der Waals surface area contributed by atoms with Crippen molar-refractivity contribution in [3.05, 3.63) is 71.8 Å². The summed E-state index contributed by atoms with van der Waals surface area (Å²) in [6.07, 6.45) is 0. The molecule has 0 unspecified atom stereocenters. The highest BCUT2D eigenvalue weighted by molar-refractivity contribution is 6.58. The molecule has 0 radical (unpaired) electrons. The largest absolute Gasteiger partial charge is 0.496 e. The molecule has 0 aliphatic rings. The minimum absolute atomic E-state index is 0.222. The quantitative estimate of drug-likeness (QED) is 0.617. The topological polar surface area (TPSA) is 78.8 Å². The number of carbonyl (C=O) groups is 1. The summed E-state index contributed by atoms with van der Waals surface area (Å²) in [4.78, 5) is 12.7. The summed E-state index contributed by atoms with van der Waals surface area (Å²) in [5.74, 6) is 0.301. The zero-order valence-corrected chi connectivity index (χ0v) is 13.8. The summed E-state index contributed by atoms with van der Waals surface area (Å²) >= 11 is 0. The minimum Gasteiger partial charge on any atom is -0.496 e. The third kappa shape index (κ3) is 3.65. The van der Waals surface area contributed by atoms with E-state index < -0.39 is 7.12 Å². The van der Waals surface area contributed by atoms with E-state index in [4.69, 9.17) is 14.8 Å². The molecule has 0 aliphatic heterocycles. The second-order valence-corrected chi connectivity index (χ2v) is 5.66. The Morgan fingerprint density at radius 3 is 2.44 bits per heavy atom. The molecule has 5 nitrogen and oxygen atoms in total. The third-order valence-electron chi connectivity index (χ3n) is 4.07. The maximum absolute atomic E-state index is 12.7. The van der Waals surface area contributed by atoms with Gasteiger partial charge in [0.15, 0.2) is 0 Å². The molecule has 0 fully saturated rings. The fourth-order valence-corrected chi connectivity index (χ4v) is 2.73. The van der Waals surface area contributed by atoms with Crippen LogP contribution in [-0.4, -0.2) is 30.2 Å². The third-order valence-corrected chi connectivity index (χ3v) is 4.07. The lowest BCUT2D eigenvalue weighted by molar-refractivity contribution is 0.0949. The van der Waals surface area contributed by atoms with Crippen LogP contribution in [0.5, 0.6) is 5.75 Å². The van der Waals surface area contributed by atoms with Gasteiger partial charge in [0.05, 0.1) is 12.7 Å². The van der Waals surface area contributed by atoms with E-state index >= 15 is 0 Å². The number of amides is 1. The molecular formula is C19H18BNO4. The van der Waals surface area contributed by atoms with E-state index in [1.807, 2.05) is 30.3 Å². The van der Waals surface area contributed by atoms with E-state index in [0.717, 1.165) is 16.3 Å². The predicted molar refractivity (Wildman–Crippen MR) is 97.9 cm³/mol. The molecule has 3 aromatic rings. The van der Waals surface area contributed by atoms with Crippen molar-refractivity contribution in [2.24, 2.45) is 0 Å². The monoisotopic (exact) mass is 335 g/mol. The average molecular weight is 335 g/mol. The fraction of sp³-hybridized carbons (Fsp3) is 0.105. The maximum Gasteiger partial charge on any atom is 0.488 e. The normalized spacial score (nSPS) is 10.5. The molecular weight excluding hydrogens is 317 g/mol. The number of ether oxygens (including phenoxy) is 1. The first-order chi connectivity index (χ1) is 12.1. The molecule has 0 aromatic heterocycles. The number of methoxy groups -OCH3 is 1. The predicted octanol–water partition coefficient (Wildman–Crippen LogP) is 1.46. The lowest BCUT2D eigenvalue weighted by Gasteiger charge is -2.12. The van der Waals surface area contributed by atoms with Crippen molar-refractivity contribution < 1.29 is 19.6 Å². The van der Waals surface area contributed by atoms with E-state index in [-0.39, 0.29) is 5.91 Å². The fourth-order valence-electron chi connectivity index (χ4n) is 2.73. The average Bonchev–Trinajstić information content (AvgIpc) is 2.65. The first-order valence-corrected chi connectivity index (χ1v) is 7.89. The molecule has 3 N–H and O–H groups in total. The Morgan fingerprint density at radius 1 is 1.04 bits per heavy atom.